The van der Waals surface area contributed by atoms with Crippen LogP contribution in [0.15, 0.2) is 0 Å². The lowest BCUT2D eigenvalue weighted by Gasteiger charge is -2.47. The van der Waals surface area contributed by atoms with Crippen molar-refractivity contribution >= 4 is 0 Å². The normalized spacial score (nSPS) is 43.7. The minimum atomic E-state index is 0.863. The molecule has 2 rings (SSSR count). The van der Waals surface area contributed by atoms with Crippen LogP contribution in [0.5, 0.6) is 0 Å². The fraction of sp³-hybridized carbons (Fsp3) is 1.00. The largest absolute Gasteiger partial charge is 0.313 e. The highest BCUT2D eigenvalue weighted by atomic mass is 15.0. The molecule has 2 unspecified atom stereocenters. The molecule has 1 N–H and O–H groups in total. The van der Waals surface area contributed by atoms with Gasteiger partial charge < -0.3 is 5.32 Å². The van der Waals surface area contributed by atoms with Crippen LogP contribution in [0.4, 0.5) is 0 Å². The van der Waals surface area contributed by atoms with E-state index in [0.717, 1.165) is 29.7 Å². The van der Waals surface area contributed by atoms with Gasteiger partial charge in [-0.1, -0.05) is 33.6 Å². The highest BCUT2D eigenvalue weighted by molar-refractivity contribution is 4.95. The molecule has 0 aromatic carbocycles. The summed E-state index contributed by atoms with van der Waals surface area (Å²) in [6, 6.07) is 0.863. The number of hydrogen-bond donors (Lipinski definition) is 1. The van der Waals surface area contributed by atoms with Crippen molar-refractivity contribution in [3.8, 4) is 0 Å². The fourth-order valence-corrected chi connectivity index (χ4v) is 3.20. The minimum Gasteiger partial charge on any atom is -0.313 e. The van der Waals surface area contributed by atoms with Crippen LogP contribution in [0, 0.1) is 23.7 Å². The Bertz CT molecular complexity index is 180. The number of nitrogens with one attached hydrogen (secondary N) is 1. The van der Waals surface area contributed by atoms with E-state index in [1.165, 1.54) is 32.2 Å². The van der Waals surface area contributed by atoms with Crippen LogP contribution in [0.25, 0.3) is 0 Å². The maximum atomic E-state index is 3.66. The zero-order valence-electron chi connectivity index (χ0n) is 9.92. The first kappa shape index (κ1) is 10.5. The van der Waals surface area contributed by atoms with Gasteiger partial charge in [-0.25, -0.2) is 0 Å². The Morgan fingerprint density at radius 1 is 1.07 bits per heavy atom. The summed E-state index contributed by atoms with van der Waals surface area (Å²) in [5.74, 6) is 3.82. The van der Waals surface area contributed by atoms with Crippen molar-refractivity contribution < 1.29 is 0 Å². The molecule has 1 nitrogen and oxygen atoms in total. The number of hydrogen-bond acceptors (Lipinski definition) is 1. The van der Waals surface area contributed by atoms with Gasteiger partial charge in [0.05, 0.1) is 0 Å². The SMILES string of the molecule is CC1CCC(C2NCC2C(C)C)CC1. The van der Waals surface area contributed by atoms with E-state index in [4.69, 9.17) is 0 Å². The third kappa shape index (κ3) is 1.98. The fourth-order valence-electron chi connectivity index (χ4n) is 3.20. The summed E-state index contributed by atoms with van der Waals surface area (Å²) in [6.45, 7) is 8.44. The first-order chi connectivity index (χ1) is 6.68. The molecular formula is C13H25N. The van der Waals surface area contributed by atoms with Gasteiger partial charge in [0, 0.05) is 6.04 Å². The Hall–Kier alpha value is -0.0400. The summed E-state index contributed by atoms with van der Waals surface area (Å²) < 4.78 is 0. The molecule has 0 spiro atoms. The summed E-state index contributed by atoms with van der Waals surface area (Å²) in [7, 11) is 0. The predicted octanol–water partition coefficient (Wildman–Crippen LogP) is 3.06. The summed E-state index contributed by atoms with van der Waals surface area (Å²) in [4.78, 5) is 0. The van der Waals surface area contributed by atoms with Crippen LogP contribution in [0.2, 0.25) is 0 Å². The van der Waals surface area contributed by atoms with E-state index in [1.807, 2.05) is 0 Å². The van der Waals surface area contributed by atoms with Gasteiger partial charge in [-0.05, 0) is 43.1 Å². The van der Waals surface area contributed by atoms with E-state index in [2.05, 4.69) is 26.1 Å². The summed E-state index contributed by atoms with van der Waals surface area (Å²) in [5.41, 5.74) is 0. The standard InChI is InChI=1S/C13H25N/c1-9(2)12-8-14-13(12)11-6-4-10(3)5-7-11/h9-14H,4-8H2,1-3H3. The van der Waals surface area contributed by atoms with Crippen molar-refractivity contribution in [1.82, 2.24) is 5.32 Å². The van der Waals surface area contributed by atoms with Gasteiger partial charge in [-0.3, -0.25) is 0 Å². The summed E-state index contributed by atoms with van der Waals surface area (Å²) in [6.07, 6.45) is 5.88. The van der Waals surface area contributed by atoms with Gasteiger partial charge in [0.15, 0.2) is 0 Å². The monoisotopic (exact) mass is 195 g/mol. The average molecular weight is 195 g/mol. The van der Waals surface area contributed by atoms with Crippen molar-refractivity contribution in [2.45, 2.75) is 52.5 Å². The molecule has 1 saturated heterocycles. The Labute approximate surface area is 88.7 Å². The van der Waals surface area contributed by atoms with Gasteiger partial charge in [0.1, 0.15) is 0 Å². The van der Waals surface area contributed by atoms with Crippen molar-refractivity contribution in [2.75, 3.05) is 6.54 Å². The molecule has 1 heteroatoms. The molecule has 1 heterocycles. The maximum absolute atomic E-state index is 3.66. The van der Waals surface area contributed by atoms with Crippen LogP contribution in [0.1, 0.15) is 46.5 Å². The third-order valence-electron chi connectivity index (χ3n) is 4.48. The van der Waals surface area contributed by atoms with Crippen LogP contribution < -0.4 is 5.32 Å². The van der Waals surface area contributed by atoms with E-state index < -0.39 is 0 Å². The lowest BCUT2D eigenvalue weighted by Crippen LogP contribution is -2.59. The van der Waals surface area contributed by atoms with Crippen LogP contribution in [-0.2, 0) is 0 Å². The van der Waals surface area contributed by atoms with E-state index in [-0.39, 0.29) is 0 Å². The predicted molar refractivity (Wildman–Crippen MR) is 61.2 cm³/mol. The van der Waals surface area contributed by atoms with Crippen molar-refractivity contribution in [3.63, 3.8) is 0 Å². The highest BCUT2D eigenvalue weighted by Gasteiger charge is 2.38. The molecule has 1 saturated carbocycles. The van der Waals surface area contributed by atoms with Gasteiger partial charge in [-0.15, -0.1) is 0 Å². The lowest BCUT2D eigenvalue weighted by molar-refractivity contribution is 0.0869. The smallest absolute Gasteiger partial charge is 0.0138 e. The molecule has 0 radical (unpaired) electrons. The highest BCUT2D eigenvalue weighted by Crippen LogP contribution is 2.37. The van der Waals surface area contributed by atoms with Gasteiger partial charge in [-0.2, -0.15) is 0 Å². The second-order valence-electron chi connectivity index (χ2n) is 5.86. The molecule has 0 amide bonds. The quantitative estimate of drug-likeness (QED) is 0.714. The zero-order chi connectivity index (χ0) is 10.1. The van der Waals surface area contributed by atoms with E-state index in [1.54, 1.807) is 0 Å². The van der Waals surface area contributed by atoms with Crippen LogP contribution in [0.3, 0.4) is 0 Å². The van der Waals surface area contributed by atoms with E-state index in [9.17, 15) is 0 Å². The van der Waals surface area contributed by atoms with Gasteiger partial charge >= 0.3 is 0 Å². The maximum Gasteiger partial charge on any atom is 0.0138 e. The second-order valence-corrected chi connectivity index (χ2v) is 5.86. The summed E-state index contributed by atoms with van der Waals surface area (Å²) in [5, 5.41) is 3.66. The molecule has 1 aliphatic carbocycles. The average Bonchev–Trinajstić information content (AvgIpc) is 2.05. The molecular weight excluding hydrogens is 170 g/mol. The molecule has 1 aliphatic heterocycles. The van der Waals surface area contributed by atoms with Crippen molar-refractivity contribution in [2.24, 2.45) is 23.7 Å². The van der Waals surface area contributed by atoms with E-state index in [0.29, 0.717) is 0 Å². The van der Waals surface area contributed by atoms with Gasteiger partial charge in [0.2, 0.25) is 0 Å². The van der Waals surface area contributed by atoms with Crippen molar-refractivity contribution in [3.05, 3.63) is 0 Å². The Morgan fingerprint density at radius 3 is 2.14 bits per heavy atom. The molecule has 82 valence electrons. The first-order valence-corrected chi connectivity index (χ1v) is 6.42. The van der Waals surface area contributed by atoms with Crippen molar-refractivity contribution in [1.29, 1.82) is 0 Å². The topological polar surface area (TPSA) is 12.0 Å². The molecule has 0 aromatic rings. The molecule has 0 bridgehead atoms. The Balaban J connectivity index is 1.84. The molecule has 14 heavy (non-hydrogen) atoms. The second kappa shape index (κ2) is 4.22. The van der Waals surface area contributed by atoms with E-state index >= 15 is 0 Å². The van der Waals surface area contributed by atoms with Crippen LogP contribution >= 0.6 is 0 Å². The zero-order valence-corrected chi connectivity index (χ0v) is 9.92. The molecule has 2 fully saturated rings. The lowest BCUT2D eigenvalue weighted by atomic mass is 9.69. The summed E-state index contributed by atoms with van der Waals surface area (Å²) >= 11 is 0. The molecule has 2 aliphatic rings. The molecule has 2 atom stereocenters. The van der Waals surface area contributed by atoms with Crippen LogP contribution in [-0.4, -0.2) is 12.6 Å². The Kier molecular flexibility index (Phi) is 3.16. The van der Waals surface area contributed by atoms with Gasteiger partial charge in [0.25, 0.3) is 0 Å². The Morgan fingerprint density at radius 2 is 1.71 bits per heavy atom. The number of rotatable bonds is 2. The third-order valence-corrected chi connectivity index (χ3v) is 4.48. The molecule has 0 aromatic heterocycles. The minimum absolute atomic E-state index is 0.863. The first-order valence-electron chi connectivity index (χ1n) is 6.42.